The number of nitrogen functional groups attached to an aromatic ring is 1. The zero-order chi connectivity index (χ0) is 14.4. The van der Waals surface area contributed by atoms with Gasteiger partial charge in [-0.2, -0.15) is 0 Å². The van der Waals surface area contributed by atoms with Crippen LogP contribution >= 0.6 is 0 Å². The number of fused-ring (bicyclic) bond motifs is 2. The van der Waals surface area contributed by atoms with Crippen molar-refractivity contribution in [1.82, 2.24) is 9.97 Å². The maximum absolute atomic E-state index is 5.82. The van der Waals surface area contributed by atoms with Crippen molar-refractivity contribution in [1.29, 1.82) is 0 Å². The molecule has 4 nitrogen and oxygen atoms in total. The minimum Gasteiger partial charge on any atom is -0.399 e. The van der Waals surface area contributed by atoms with Crippen LogP contribution in [0.3, 0.4) is 0 Å². The number of aromatic nitrogens is 2. The number of aromatic amines is 1. The Hall–Kier alpha value is -2.49. The molecule has 3 N–H and O–H groups in total. The number of benzene rings is 2. The lowest BCUT2D eigenvalue weighted by Gasteiger charge is -2.23. The van der Waals surface area contributed by atoms with Crippen molar-refractivity contribution in [3.8, 4) is 0 Å². The average Bonchev–Trinajstić information content (AvgIpc) is 3.00. The minimum absolute atomic E-state index is 0.501. The number of rotatable bonds is 2. The lowest BCUT2D eigenvalue weighted by Crippen LogP contribution is -2.29. The molecule has 4 rings (SSSR count). The molecule has 0 fully saturated rings. The van der Waals surface area contributed by atoms with Crippen molar-refractivity contribution in [2.75, 3.05) is 10.6 Å². The summed E-state index contributed by atoms with van der Waals surface area (Å²) in [4.78, 5) is 10.5. The van der Waals surface area contributed by atoms with Gasteiger partial charge in [-0.3, -0.25) is 0 Å². The first-order chi connectivity index (χ1) is 10.2. The van der Waals surface area contributed by atoms with Crippen molar-refractivity contribution >= 4 is 22.4 Å². The number of imidazole rings is 1. The van der Waals surface area contributed by atoms with Gasteiger partial charge in [0.15, 0.2) is 0 Å². The normalized spacial score (nSPS) is 17.4. The van der Waals surface area contributed by atoms with Gasteiger partial charge in [-0.05, 0) is 43.2 Å². The number of nitrogens with two attached hydrogens (primary N) is 1. The molecule has 21 heavy (non-hydrogen) atoms. The summed E-state index contributed by atoms with van der Waals surface area (Å²) in [5.74, 6) is 0.985. The zero-order valence-corrected chi connectivity index (χ0v) is 12.0. The molecule has 0 saturated carbocycles. The van der Waals surface area contributed by atoms with Gasteiger partial charge in [0.05, 0.1) is 17.6 Å². The molecule has 0 bridgehead atoms. The van der Waals surface area contributed by atoms with Gasteiger partial charge >= 0.3 is 0 Å². The largest absolute Gasteiger partial charge is 0.399 e. The van der Waals surface area contributed by atoms with Gasteiger partial charge in [0.2, 0.25) is 0 Å². The molecule has 0 saturated heterocycles. The molecule has 1 unspecified atom stereocenters. The Morgan fingerprint density at radius 2 is 2.14 bits per heavy atom. The van der Waals surface area contributed by atoms with Crippen LogP contribution in [0, 0.1) is 0 Å². The van der Waals surface area contributed by atoms with Gasteiger partial charge in [0.25, 0.3) is 0 Å². The van der Waals surface area contributed by atoms with Gasteiger partial charge in [-0.15, -0.1) is 0 Å². The summed E-state index contributed by atoms with van der Waals surface area (Å²) in [5.41, 5.74) is 11.3. The van der Waals surface area contributed by atoms with Crippen LogP contribution in [0.4, 0.5) is 11.4 Å². The van der Waals surface area contributed by atoms with Crippen LogP contribution in [0.25, 0.3) is 11.0 Å². The van der Waals surface area contributed by atoms with Gasteiger partial charge in [-0.1, -0.05) is 18.2 Å². The standard InChI is InChI=1S/C17H18N4/c1-11-8-12-4-2-3-5-16(12)21(11)10-17-19-14-7-6-13(18)9-15(14)20-17/h2-7,9,11H,8,10,18H2,1H3,(H,19,20). The summed E-state index contributed by atoms with van der Waals surface area (Å²) in [7, 11) is 0. The third-order valence-electron chi connectivity index (χ3n) is 4.22. The molecule has 3 aromatic rings. The molecule has 1 aliphatic heterocycles. The highest BCUT2D eigenvalue weighted by Crippen LogP contribution is 2.32. The lowest BCUT2D eigenvalue weighted by atomic mass is 10.1. The molecule has 106 valence electrons. The van der Waals surface area contributed by atoms with E-state index >= 15 is 0 Å². The average molecular weight is 278 g/mol. The molecule has 0 amide bonds. The van der Waals surface area contributed by atoms with E-state index in [2.05, 4.69) is 46.1 Å². The Morgan fingerprint density at radius 1 is 1.29 bits per heavy atom. The third-order valence-corrected chi connectivity index (χ3v) is 4.22. The van der Waals surface area contributed by atoms with Crippen LogP contribution in [0.15, 0.2) is 42.5 Å². The number of H-pyrrole nitrogens is 1. The minimum atomic E-state index is 0.501. The molecule has 2 aromatic carbocycles. The van der Waals surface area contributed by atoms with E-state index in [1.807, 2.05) is 18.2 Å². The van der Waals surface area contributed by atoms with Crippen molar-refractivity contribution in [3.63, 3.8) is 0 Å². The molecule has 0 spiro atoms. The summed E-state index contributed by atoms with van der Waals surface area (Å²) >= 11 is 0. The second kappa shape index (κ2) is 4.52. The SMILES string of the molecule is CC1Cc2ccccc2N1Cc1nc2ccc(N)cc2[nH]1. The van der Waals surface area contributed by atoms with Gasteiger partial charge < -0.3 is 15.6 Å². The highest BCUT2D eigenvalue weighted by atomic mass is 15.2. The van der Waals surface area contributed by atoms with Crippen LogP contribution in [0.2, 0.25) is 0 Å². The number of hydrogen-bond acceptors (Lipinski definition) is 3. The zero-order valence-electron chi connectivity index (χ0n) is 12.0. The quantitative estimate of drug-likeness (QED) is 0.708. The molecule has 4 heteroatoms. The lowest BCUT2D eigenvalue weighted by molar-refractivity contribution is 0.659. The maximum Gasteiger partial charge on any atom is 0.126 e. The maximum atomic E-state index is 5.82. The van der Waals surface area contributed by atoms with E-state index in [0.29, 0.717) is 6.04 Å². The number of anilines is 2. The second-order valence-corrected chi connectivity index (χ2v) is 5.77. The van der Waals surface area contributed by atoms with Crippen molar-refractivity contribution in [3.05, 3.63) is 53.9 Å². The van der Waals surface area contributed by atoms with E-state index in [1.165, 1.54) is 11.3 Å². The smallest absolute Gasteiger partial charge is 0.126 e. The van der Waals surface area contributed by atoms with E-state index < -0.39 is 0 Å². The Labute approximate surface area is 123 Å². The van der Waals surface area contributed by atoms with Crippen LogP contribution in [0.1, 0.15) is 18.3 Å². The second-order valence-electron chi connectivity index (χ2n) is 5.77. The topological polar surface area (TPSA) is 57.9 Å². The van der Waals surface area contributed by atoms with Crippen molar-refractivity contribution in [2.24, 2.45) is 0 Å². The summed E-state index contributed by atoms with van der Waals surface area (Å²) in [6.45, 7) is 3.06. The first-order valence-electron chi connectivity index (χ1n) is 7.29. The molecule has 0 radical (unpaired) electrons. The molecule has 1 aliphatic rings. The van der Waals surface area contributed by atoms with E-state index in [9.17, 15) is 0 Å². The highest BCUT2D eigenvalue weighted by molar-refractivity contribution is 5.78. The first kappa shape index (κ1) is 12.3. The Morgan fingerprint density at radius 3 is 3.05 bits per heavy atom. The van der Waals surface area contributed by atoms with Crippen molar-refractivity contribution < 1.29 is 0 Å². The first-order valence-corrected chi connectivity index (χ1v) is 7.29. The third kappa shape index (κ3) is 2.03. The van der Waals surface area contributed by atoms with E-state index in [4.69, 9.17) is 5.73 Å². The Balaban J connectivity index is 1.68. The summed E-state index contributed by atoms with van der Waals surface area (Å²) in [6.07, 6.45) is 1.10. The molecular weight excluding hydrogens is 260 g/mol. The summed E-state index contributed by atoms with van der Waals surface area (Å²) < 4.78 is 0. The van der Waals surface area contributed by atoms with Gasteiger partial charge in [0, 0.05) is 17.4 Å². The predicted octanol–water partition coefficient (Wildman–Crippen LogP) is 3.10. The molecular formula is C17H18N4. The number of nitrogens with zero attached hydrogens (tertiary/aromatic N) is 2. The molecule has 2 heterocycles. The predicted molar refractivity (Wildman–Crippen MR) is 86.3 cm³/mol. The number of para-hydroxylation sites is 1. The summed E-state index contributed by atoms with van der Waals surface area (Å²) in [5, 5.41) is 0. The highest BCUT2D eigenvalue weighted by Gasteiger charge is 2.26. The monoisotopic (exact) mass is 278 g/mol. The number of hydrogen-bond donors (Lipinski definition) is 2. The number of nitrogens with one attached hydrogen (secondary N) is 1. The van der Waals surface area contributed by atoms with E-state index in [0.717, 1.165) is 35.5 Å². The molecule has 1 aromatic heterocycles. The molecule has 1 atom stereocenters. The fourth-order valence-corrected chi connectivity index (χ4v) is 3.19. The fourth-order valence-electron chi connectivity index (χ4n) is 3.19. The van der Waals surface area contributed by atoms with Gasteiger partial charge in [0.1, 0.15) is 5.82 Å². The Bertz CT molecular complexity index is 805. The van der Waals surface area contributed by atoms with Crippen LogP contribution < -0.4 is 10.6 Å². The van der Waals surface area contributed by atoms with Crippen LogP contribution in [-0.2, 0) is 13.0 Å². The van der Waals surface area contributed by atoms with E-state index in [1.54, 1.807) is 0 Å². The van der Waals surface area contributed by atoms with Gasteiger partial charge in [-0.25, -0.2) is 4.98 Å². The van der Waals surface area contributed by atoms with Crippen molar-refractivity contribution in [2.45, 2.75) is 25.9 Å². The van der Waals surface area contributed by atoms with Crippen LogP contribution in [-0.4, -0.2) is 16.0 Å². The summed E-state index contributed by atoms with van der Waals surface area (Å²) in [6, 6.07) is 14.9. The van der Waals surface area contributed by atoms with E-state index in [-0.39, 0.29) is 0 Å². The fraction of sp³-hybridized carbons (Fsp3) is 0.235. The molecule has 0 aliphatic carbocycles. The van der Waals surface area contributed by atoms with Crippen LogP contribution in [0.5, 0.6) is 0 Å². The Kier molecular flexibility index (Phi) is 2.64.